The molecule has 111 valence electrons. The molecular weight excluding hydrogens is 312 g/mol. The molecule has 2 aromatic carbocycles. The van der Waals surface area contributed by atoms with Crippen molar-refractivity contribution < 1.29 is 26.7 Å². The fourth-order valence-corrected chi connectivity index (χ4v) is 2.20. The molecule has 0 aromatic heterocycles. The second-order valence-corrected chi connectivity index (χ2v) is 4.88. The summed E-state index contributed by atoms with van der Waals surface area (Å²) < 4.78 is 0. The zero-order valence-electron chi connectivity index (χ0n) is 11.7. The molecule has 1 unspecified atom stereocenters. The molecule has 0 N–H and O–H groups in total. The van der Waals surface area contributed by atoms with Crippen molar-refractivity contribution in [1.29, 1.82) is 0 Å². The van der Waals surface area contributed by atoms with Crippen molar-refractivity contribution >= 4 is 12.1 Å². The van der Waals surface area contributed by atoms with Gasteiger partial charge in [-0.3, -0.25) is 4.79 Å². The Bertz CT molecular complexity index is 552. The van der Waals surface area contributed by atoms with Crippen LogP contribution in [0.3, 0.4) is 0 Å². The van der Waals surface area contributed by atoms with E-state index in [1.165, 1.54) is 0 Å². The van der Waals surface area contributed by atoms with Gasteiger partial charge in [0.15, 0.2) is 0 Å². The molecule has 0 heterocycles. The van der Waals surface area contributed by atoms with Crippen LogP contribution in [0, 0.1) is 5.92 Å². The van der Waals surface area contributed by atoms with Gasteiger partial charge < -0.3 is 4.79 Å². The maximum atomic E-state index is 12.1. The molecule has 2 nitrogen and oxygen atoms in total. The molecule has 0 saturated heterocycles. The van der Waals surface area contributed by atoms with Gasteiger partial charge in [-0.1, -0.05) is 60.7 Å². The number of carbonyl (C=O) groups excluding carboxylic acids is 2. The van der Waals surface area contributed by atoms with Gasteiger partial charge in [0.1, 0.15) is 12.1 Å². The van der Waals surface area contributed by atoms with Gasteiger partial charge in [-0.25, -0.2) is 0 Å². The summed E-state index contributed by atoms with van der Waals surface area (Å²) >= 11 is 0. The van der Waals surface area contributed by atoms with Crippen molar-refractivity contribution in [2.24, 2.45) is 5.92 Å². The average Bonchev–Trinajstić information content (AvgIpc) is 2.52. The van der Waals surface area contributed by atoms with Gasteiger partial charge in [0.05, 0.1) is 5.92 Å². The third-order valence-corrected chi connectivity index (χ3v) is 3.38. The molecule has 1 radical (unpaired) electrons. The Balaban J connectivity index is 0.00000220. The first kappa shape index (κ1) is 17.4. The number of rotatable bonds is 7. The number of hydrogen-bond acceptors (Lipinski definition) is 2. The number of aldehydes is 1. The molecule has 0 spiro atoms. The topological polar surface area (TPSA) is 34.1 Å². The summed E-state index contributed by atoms with van der Waals surface area (Å²) in [6.45, 7) is 0. The number of carbonyl (C=O) groups is 2. The van der Waals surface area contributed by atoms with Crippen LogP contribution in [0.15, 0.2) is 60.7 Å². The molecule has 0 fully saturated rings. The summed E-state index contributed by atoms with van der Waals surface area (Å²) in [5, 5.41) is 0. The Labute approximate surface area is 136 Å². The van der Waals surface area contributed by atoms with Crippen LogP contribution in [0.2, 0.25) is 0 Å². The van der Waals surface area contributed by atoms with E-state index in [-0.39, 0.29) is 22.9 Å². The van der Waals surface area contributed by atoms with E-state index in [0.29, 0.717) is 19.3 Å². The van der Waals surface area contributed by atoms with Crippen LogP contribution in [-0.2, 0) is 39.5 Å². The Morgan fingerprint density at radius 2 is 1.43 bits per heavy atom. The molecule has 3 heteroatoms. The maximum absolute atomic E-state index is 12.1. The van der Waals surface area contributed by atoms with Crippen LogP contribution in [-0.4, -0.2) is 12.1 Å². The van der Waals surface area contributed by atoms with Crippen LogP contribution < -0.4 is 0 Å². The number of aryl methyl sites for hydroxylation is 1. The van der Waals surface area contributed by atoms with E-state index < -0.39 is 5.92 Å². The van der Waals surface area contributed by atoms with Gasteiger partial charge in [0.25, 0.3) is 0 Å². The fraction of sp³-hybridized carbons (Fsp3) is 0.222. The standard InChI is InChI=1S/C18H18O2.Cu/c19-14-17(13-16-9-5-2-6-10-16)18(20)12-11-15-7-3-1-4-8-15;/h1-10,14,17H,11-13H2;/q;+2. The second kappa shape index (κ2) is 9.27. The normalized spacial score (nSPS) is 11.2. The number of benzene rings is 2. The summed E-state index contributed by atoms with van der Waals surface area (Å²) in [4.78, 5) is 23.3. The summed E-state index contributed by atoms with van der Waals surface area (Å²) in [5.41, 5.74) is 2.16. The van der Waals surface area contributed by atoms with Gasteiger partial charge in [-0.05, 0) is 24.0 Å². The maximum Gasteiger partial charge on any atom is 2.00 e. The Kier molecular flexibility index (Phi) is 7.66. The first-order valence-corrected chi connectivity index (χ1v) is 6.85. The van der Waals surface area contributed by atoms with Crippen molar-refractivity contribution in [2.75, 3.05) is 0 Å². The van der Waals surface area contributed by atoms with Crippen LogP contribution in [0.5, 0.6) is 0 Å². The first-order valence-electron chi connectivity index (χ1n) is 6.85. The van der Waals surface area contributed by atoms with E-state index in [2.05, 4.69) is 0 Å². The van der Waals surface area contributed by atoms with E-state index in [1.54, 1.807) is 0 Å². The summed E-state index contributed by atoms with van der Waals surface area (Å²) in [6, 6.07) is 19.5. The molecule has 2 rings (SSSR count). The van der Waals surface area contributed by atoms with Crippen LogP contribution in [0.1, 0.15) is 17.5 Å². The molecular formula is C18H18CuO2+2. The molecule has 1 atom stereocenters. The summed E-state index contributed by atoms with van der Waals surface area (Å²) in [5.74, 6) is -0.506. The smallest absolute Gasteiger partial charge is 0.303 e. The molecule has 0 bridgehead atoms. The van der Waals surface area contributed by atoms with E-state index >= 15 is 0 Å². The van der Waals surface area contributed by atoms with Crippen LogP contribution in [0.25, 0.3) is 0 Å². The van der Waals surface area contributed by atoms with Crippen molar-refractivity contribution in [2.45, 2.75) is 19.3 Å². The zero-order chi connectivity index (χ0) is 14.2. The van der Waals surface area contributed by atoms with Gasteiger partial charge in [0, 0.05) is 6.42 Å². The fourth-order valence-electron chi connectivity index (χ4n) is 2.20. The van der Waals surface area contributed by atoms with E-state index in [0.717, 1.165) is 17.4 Å². The molecule has 2 aromatic rings. The van der Waals surface area contributed by atoms with Crippen molar-refractivity contribution in [3.05, 3.63) is 71.8 Å². The minimum atomic E-state index is -0.527. The molecule has 0 aliphatic rings. The predicted molar refractivity (Wildman–Crippen MR) is 79.5 cm³/mol. The Morgan fingerprint density at radius 1 is 0.905 bits per heavy atom. The molecule has 0 amide bonds. The third-order valence-electron chi connectivity index (χ3n) is 3.38. The Hall–Kier alpha value is -1.70. The quantitative estimate of drug-likeness (QED) is 0.444. The monoisotopic (exact) mass is 329 g/mol. The van der Waals surface area contributed by atoms with Gasteiger partial charge in [-0.15, -0.1) is 0 Å². The predicted octanol–water partition coefficient (Wildman–Crippen LogP) is 3.24. The summed E-state index contributed by atoms with van der Waals surface area (Å²) in [7, 11) is 0. The molecule has 21 heavy (non-hydrogen) atoms. The van der Waals surface area contributed by atoms with Gasteiger partial charge in [-0.2, -0.15) is 0 Å². The Morgan fingerprint density at radius 3 is 1.95 bits per heavy atom. The molecule has 0 aliphatic carbocycles. The van der Waals surface area contributed by atoms with Crippen molar-refractivity contribution in [1.82, 2.24) is 0 Å². The second-order valence-electron chi connectivity index (χ2n) is 4.88. The minimum Gasteiger partial charge on any atom is -0.303 e. The number of ketones is 1. The third kappa shape index (κ3) is 5.66. The zero-order valence-corrected chi connectivity index (χ0v) is 12.6. The van der Waals surface area contributed by atoms with Crippen molar-refractivity contribution in [3.8, 4) is 0 Å². The van der Waals surface area contributed by atoms with E-state index in [4.69, 9.17) is 0 Å². The van der Waals surface area contributed by atoms with E-state index in [1.807, 2.05) is 60.7 Å². The molecule has 0 aliphatic heterocycles. The van der Waals surface area contributed by atoms with Gasteiger partial charge >= 0.3 is 17.1 Å². The minimum absolute atomic E-state index is 0. The number of hydrogen-bond donors (Lipinski definition) is 0. The van der Waals surface area contributed by atoms with Crippen LogP contribution in [0.4, 0.5) is 0 Å². The first-order chi connectivity index (χ1) is 9.79. The SMILES string of the molecule is O=CC(Cc1ccccc1)C(=O)CCc1ccccc1.[Cu+2]. The molecule has 0 saturated carbocycles. The largest absolute Gasteiger partial charge is 2.00 e. The van der Waals surface area contributed by atoms with Crippen molar-refractivity contribution in [3.63, 3.8) is 0 Å². The number of Topliss-reactive ketones (excluding diaryl/α,β-unsaturated/α-hetero) is 1. The van der Waals surface area contributed by atoms with Crippen LogP contribution >= 0.6 is 0 Å². The van der Waals surface area contributed by atoms with E-state index in [9.17, 15) is 9.59 Å². The van der Waals surface area contributed by atoms with Gasteiger partial charge in [0.2, 0.25) is 0 Å². The average molecular weight is 330 g/mol. The summed E-state index contributed by atoms with van der Waals surface area (Å²) in [6.07, 6.45) is 2.39.